The van der Waals surface area contributed by atoms with Crippen LogP contribution < -0.4 is 37.2 Å². The Morgan fingerprint density at radius 2 is 1.15 bits per heavy atom. The average Bonchev–Trinajstić information content (AvgIpc) is 2.73. The fourth-order valence-electron chi connectivity index (χ4n) is 3.33. The molecule has 0 atom stereocenters. The molecule has 0 bridgehead atoms. The Balaban J connectivity index is 0.00000256. The molecular formula is C25H22Cl3MnN2O2. The summed E-state index contributed by atoms with van der Waals surface area (Å²) < 4.78 is 0. The van der Waals surface area contributed by atoms with Crippen LogP contribution in [-0.2, 0) is 17.1 Å². The molecule has 8 heteroatoms. The first-order chi connectivity index (χ1) is 13.9. The largest absolute Gasteiger partial charge is 3.00 e. The number of phenols is 2. The van der Waals surface area contributed by atoms with E-state index in [1.165, 1.54) is 0 Å². The molecule has 0 saturated carbocycles. The number of aromatic nitrogens is 2. The van der Waals surface area contributed by atoms with Crippen molar-refractivity contribution >= 4 is 0 Å². The number of aryl methyl sites for hydroxylation is 2. The molecule has 0 radical (unpaired) electrons. The van der Waals surface area contributed by atoms with Crippen LogP contribution in [0.15, 0.2) is 67.0 Å². The third kappa shape index (κ3) is 6.41. The molecule has 4 aromatic rings. The van der Waals surface area contributed by atoms with Gasteiger partial charge >= 0.3 is 17.1 Å². The Kier molecular flexibility index (Phi) is 11.9. The summed E-state index contributed by atoms with van der Waals surface area (Å²) in [5, 5.41) is 20.6. The van der Waals surface area contributed by atoms with Gasteiger partial charge in [-0.1, -0.05) is 36.4 Å². The third-order valence-electron chi connectivity index (χ3n) is 5.27. The standard InChI is InChI=1S/C25H22N2O2.3ClH.Mn/c1-15-4-8-20(24(28)12-15)18-6-10-22(26-13-18)23-11-7-19(14-27-23)21-9-5-16(2)17(3)25(21)29;;;;/h4-14,28-29H,1-3H3;3*1H;/q;;;;+3/p-3. The first kappa shape index (κ1) is 30.7. The van der Waals surface area contributed by atoms with Crippen LogP contribution in [0.3, 0.4) is 0 Å². The molecule has 0 amide bonds. The summed E-state index contributed by atoms with van der Waals surface area (Å²) in [6.45, 7) is 5.83. The molecule has 0 saturated heterocycles. The molecule has 2 N–H and O–H groups in total. The van der Waals surface area contributed by atoms with E-state index in [-0.39, 0.29) is 60.0 Å². The molecule has 2 aromatic carbocycles. The maximum Gasteiger partial charge on any atom is 3.00 e. The molecular weight excluding hydrogens is 522 g/mol. The molecule has 2 aromatic heterocycles. The molecule has 0 fully saturated rings. The number of rotatable bonds is 3. The third-order valence-corrected chi connectivity index (χ3v) is 5.27. The van der Waals surface area contributed by atoms with Crippen molar-refractivity contribution in [2.45, 2.75) is 20.8 Å². The molecule has 0 aliphatic carbocycles. The summed E-state index contributed by atoms with van der Waals surface area (Å²) in [4.78, 5) is 9.04. The van der Waals surface area contributed by atoms with Crippen LogP contribution in [0.4, 0.5) is 0 Å². The van der Waals surface area contributed by atoms with Gasteiger partial charge in [0.15, 0.2) is 0 Å². The van der Waals surface area contributed by atoms with E-state index in [9.17, 15) is 10.2 Å². The fourth-order valence-corrected chi connectivity index (χ4v) is 3.33. The quantitative estimate of drug-likeness (QED) is 0.268. The first-order valence-electron chi connectivity index (χ1n) is 9.46. The molecule has 0 aliphatic heterocycles. The molecule has 33 heavy (non-hydrogen) atoms. The fraction of sp³-hybridized carbons (Fsp3) is 0.120. The van der Waals surface area contributed by atoms with Gasteiger partial charge in [-0.15, -0.1) is 0 Å². The van der Waals surface area contributed by atoms with Crippen LogP contribution >= 0.6 is 0 Å². The molecule has 4 nitrogen and oxygen atoms in total. The van der Waals surface area contributed by atoms with Gasteiger partial charge in [0, 0.05) is 34.6 Å². The smallest absolute Gasteiger partial charge is 1.00 e. The van der Waals surface area contributed by atoms with Gasteiger partial charge in [-0.25, -0.2) is 0 Å². The second-order valence-corrected chi connectivity index (χ2v) is 7.29. The zero-order chi connectivity index (χ0) is 20.5. The minimum atomic E-state index is 0. The number of halogens is 3. The van der Waals surface area contributed by atoms with Gasteiger partial charge in [-0.3, -0.25) is 9.97 Å². The van der Waals surface area contributed by atoms with Gasteiger partial charge in [0.05, 0.1) is 11.4 Å². The predicted molar refractivity (Wildman–Crippen MR) is 116 cm³/mol. The van der Waals surface area contributed by atoms with Crippen molar-refractivity contribution in [3.8, 4) is 45.1 Å². The monoisotopic (exact) mass is 542 g/mol. The van der Waals surface area contributed by atoms with Crippen molar-refractivity contribution in [2.75, 3.05) is 0 Å². The zero-order valence-electron chi connectivity index (χ0n) is 18.2. The topological polar surface area (TPSA) is 66.2 Å². The molecule has 0 aliphatic rings. The van der Waals surface area contributed by atoms with Crippen LogP contribution in [0.25, 0.3) is 33.6 Å². The van der Waals surface area contributed by atoms with E-state index in [2.05, 4.69) is 9.97 Å². The minimum absolute atomic E-state index is 0. The number of hydrogen-bond acceptors (Lipinski definition) is 4. The normalized spacial score (nSPS) is 9.55. The molecule has 4 rings (SSSR count). The number of aromatic hydroxyl groups is 2. The number of hydrogen-bond donors (Lipinski definition) is 2. The van der Waals surface area contributed by atoms with Gasteiger partial charge in [-0.05, 0) is 55.7 Å². The SMILES string of the molecule is Cc1ccc(-c2ccc(-c3ccc(-c4ccc(C)c(C)c4O)cn3)nc2)c(O)c1.[Cl-].[Cl-].[Cl-].[Mn+3]. The minimum Gasteiger partial charge on any atom is -1.00 e. The average molecular weight is 544 g/mol. The van der Waals surface area contributed by atoms with Gasteiger partial charge in [0.2, 0.25) is 0 Å². The van der Waals surface area contributed by atoms with E-state index < -0.39 is 0 Å². The summed E-state index contributed by atoms with van der Waals surface area (Å²) in [7, 11) is 0. The Morgan fingerprint density at radius 3 is 1.64 bits per heavy atom. The molecule has 172 valence electrons. The van der Waals surface area contributed by atoms with Crippen molar-refractivity contribution in [3.05, 3.63) is 83.7 Å². The maximum absolute atomic E-state index is 10.4. The van der Waals surface area contributed by atoms with Crippen molar-refractivity contribution in [3.63, 3.8) is 0 Å². The molecule has 0 unspecified atom stereocenters. The van der Waals surface area contributed by atoms with Crippen LogP contribution in [0, 0.1) is 20.8 Å². The van der Waals surface area contributed by atoms with Crippen molar-refractivity contribution in [1.29, 1.82) is 0 Å². The van der Waals surface area contributed by atoms with Gasteiger partial charge in [0.25, 0.3) is 0 Å². The van der Waals surface area contributed by atoms with Crippen molar-refractivity contribution in [2.24, 2.45) is 0 Å². The van der Waals surface area contributed by atoms with Crippen molar-refractivity contribution in [1.82, 2.24) is 9.97 Å². The Labute approximate surface area is 223 Å². The summed E-state index contributed by atoms with van der Waals surface area (Å²) >= 11 is 0. The maximum atomic E-state index is 10.4. The summed E-state index contributed by atoms with van der Waals surface area (Å²) in [6, 6.07) is 17.2. The van der Waals surface area contributed by atoms with E-state index in [0.29, 0.717) is 5.75 Å². The summed E-state index contributed by atoms with van der Waals surface area (Å²) in [5.41, 5.74) is 7.66. The molecule has 2 heterocycles. The van der Waals surface area contributed by atoms with Crippen LogP contribution in [0.2, 0.25) is 0 Å². The van der Waals surface area contributed by atoms with E-state index in [1.54, 1.807) is 18.5 Å². The van der Waals surface area contributed by atoms with E-state index in [4.69, 9.17) is 0 Å². The number of pyridine rings is 2. The van der Waals surface area contributed by atoms with Gasteiger partial charge in [-0.2, -0.15) is 0 Å². The Morgan fingerprint density at radius 1 is 0.636 bits per heavy atom. The van der Waals surface area contributed by atoms with E-state index in [1.807, 2.05) is 69.3 Å². The Hall–Kier alpha value is -2.27. The second kappa shape index (κ2) is 12.8. The predicted octanol–water partition coefficient (Wildman–Crippen LogP) is -3.18. The number of benzene rings is 2. The number of phenolic OH excluding ortho intramolecular Hbond substituents is 2. The zero-order valence-corrected chi connectivity index (χ0v) is 21.6. The van der Waals surface area contributed by atoms with E-state index in [0.717, 1.165) is 50.3 Å². The van der Waals surface area contributed by atoms with Crippen molar-refractivity contribution < 1.29 is 64.5 Å². The van der Waals surface area contributed by atoms with Crippen LogP contribution in [-0.4, -0.2) is 20.2 Å². The number of nitrogens with zero attached hydrogens (tertiary/aromatic N) is 2. The summed E-state index contributed by atoms with van der Waals surface area (Å²) in [5.74, 6) is 0.537. The second-order valence-electron chi connectivity index (χ2n) is 7.29. The van der Waals surface area contributed by atoms with Gasteiger partial charge < -0.3 is 47.4 Å². The van der Waals surface area contributed by atoms with E-state index >= 15 is 0 Å². The van der Waals surface area contributed by atoms with Crippen LogP contribution in [0.1, 0.15) is 16.7 Å². The molecule has 0 spiro atoms. The van der Waals surface area contributed by atoms with Crippen LogP contribution in [0.5, 0.6) is 11.5 Å². The first-order valence-corrected chi connectivity index (χ1v) is 9.46. The summed E-state index contributed by atoms with van der Waals surface area (Å²) in [6.07, 6.45) is 3.49. The van der Waals surface area contributed by atoms with Gasteiger partial charge in [0.1, 0.15) is 11.5 Å². The Bertz CT molecular complexity index is 1200.